The molecule has 0 bridgehead atoms. The number of carbonyl (C=O) groups excluding carboxylic acids is 1. The summed E-state index contributed by atoms with van der Waals surface area (Å²) in [5.74, 6) is -1.49. The number of hydrogen-bond donors (Lipinski definition) is 1. The van der Waals surface area contributed by atoms with Gasteiger partial charge in [0.05, 0.1) is 10.6 Å². The van der Waals surface area contributed by atoms with Gasteiger partial charge >= 0.3 is 0 Å². The molecule has 1 fully saturated rings. The van der Waals surface area contributed by atoms with E-state index in [1.54, 1.807) is 11.4 Å². The third kappa shape index (κ3) is 4.99. The highest BCUT2D eigenvalue weighted by atomic mass is 32.2. The number of halogens is 1. The second-order valence-electron chi connectivity index (χ2n) is 7.58. The molecule has 1 amide bonds. The molecule has 180 valence electrons. The molecule has 8 nitrogen and oxygen atoms in total. The summed E-state index contributed by atoms with van der Waals surface area (Å²) >= 11 is 0.959. The van der Waals surface area contributed by atoms with Crippen molar-refractivity contribution in [1.29, 1.82) is 0 Å². The van der Waals surface area contributed by atoms with E-state index in [1.165, 1.54) is 52.8 Å². The second kappa shape index (κ2) is 9.82. The summed E-state index contributed by atoms with van der Waals surface area (Å²) in [6.07, 6.45) is 1.64. The van der Waals surface area contributed by atoms with E-state index in [0.717, 1.165) is 34.6 Å². The maximum absolute atomic E-state index is 14.5. The van der Waals surface area contributed by atoms with Crippen molar-refractivity contribution in [2.24, 2.45) is 0 Å². The first-order valence-corrected chi connectivity index (χ1v) is 14.2. The van der Waals surface area contributed by atoms with Gasteiger partial charge in [0.2, 0.25) is 15.9 Å². The molecule has 1 aromatic heterocycles. The lowest BCUT2D eigenvalue weighted by molar-refractivity contribution is -0.114. The van der Waals surface area contributed by atoms with Crippen molar-refractivity contribution in [1.82, 2.24) is 4.31 Å². The Kier molecular flexibility index (Phi) is 7.03. The molecule has 1 N–H and O–H groups in total. The first kappa shape index (κ1) is 24.3. The summed E-state index contributed by atoms with van der Waals surface area (Å²) in [6, 6.07) is 13.9. The molecule has 1 aliphatic heterocycles. The summed E-state index contributed by atoms with van der Waals surface area (Å²) in [6.45, 7) is 0.284. The Morgan fingerprint density at radius 2 is 1.65 bits per heavy atom. The Bertz CT molecular complexity index is 1370. The molecular weight excluding hydrogens is 501 g/mol. The van der Waals surface area contributed by atoms with Crippen molar-refractivity contribution in [3.05, 3.63) is 71.9 Å². The van der Waals surface area contributed by atoms with E-state index in [4.69, 9.17) is 0 Å². The Morgan fingerprint density at radius 1 is 0.971 bits per heavy atom. The van der Waals surface area contributed by atoms with Gasteiger partial charge < -0.3 is 5.32 Å². The van der Waals surface area contributed by atoms with Gasteiger partial charge in [-0.2, -0.15) is 4.31 Å². The summed E-state index contributed by atoms with van der Waals surface area (Å²) < 4.78 is 68.2. The van der Waals surface area contributed by atoms with E-state index in [2.05, 4.69) is 5.32 Å². The van der Waals surface area contributed by atoms with Crippen LogP contribution in [0.5, 0.6) is 0 Å². The number of rotatable bonds is 8. The predicted octanol–water partition coefficient (Wildman–Crippen LogP) is 3.51. The van der Waals surface area contributed by atoms with E-state index >= 15 is 0 Å². The standard InChI is InChI=1S/C22H22FN3O5S3/c23-19-6-1-2-7-20(19)26(34(30,31)22-8-5-15-32-22)16-21(27)24-17-9-11-18(12-10-17)33(28,29)25-13-3-4-14-25/h1-2,5-12,15H,3-4,13-14,16H2,(H,24,27). The molecular formula is C22H22FN3O5S3. The lowest BCUT2D eigenvalue weighted by Gasteiger charge is -2.23. The van der Waals surface area contributed by atoms with Crippen LogP contribution in [-0.2, 0) is 24.8 Å². The molecule has 34 heavy (non-hydrogen) atoms. The molecule has 2 heterocycles. The number of sulfonamides is 2. The van der Waals surface area contributed by atoms with Crippen molar-refractivity contribution in [2.75, 3.05) is 29.3 Å². The minimum atomic E-state index is -4.19. The lowest BCUT2D eigenvalue weighted by Crippen LogP contribution is -2.38. The van der Waals surface area contributed by atoms with Gasteiger partial charge in [0.1, 0.15) is 16.6 Å². The minimum Gasteiger partial charge on any atom is -0.325 e. The van der Waals surface area contributed by atoms with Crippen LogP contribution in [0.3, 0.4) is 0 Å². The van der Waals surface area contributed by atoms with Crippen molar-refractivity contribution in [3.63, 3.8) is 0 Å². The summed E-state index contributed by atoms with van der Waals surface area (Å²) in [4.78, 5) is 12.9. The van der Waals surface area contributed by atoms with Gasteiger partial charge in [0, 0.05) is 18.8 Å². The van der Waals surface area contributed by atoms with Crippen molar-refractivity contribution < 1.29 is 26.0 Å². The SMILES string of the molecule is O=C(CN(c1ccccc1F)S(=O)(=O)c1cccs1)Nc1ccc(S(=O)(=O)N2CCCC2)cc1. The van der Waals surface area contributed by atoms with E-state index in [-0.39, 0.29) is 20.5 Å². The predicted molar refractivity (Wildman–Crippen MR) is 128 cm³/mol. The number of thiophene rings is 1. The first-order chi connectivity index (χ1) is 16.2. The third-order valence-corrected chi connectivity index (χ3v) is 10.3. The van der Waals surface area contributed by atoms with Gasteiger partial charge in [-0.25, -0.2) is 21.2 Å². The van der Waals surface area contributed by atoms with Crippen molar-refractivity contribution in [2.45, 2.75) is 21.9 Å². The molecule has 0 spiro atoms. The zero-order valence-electron chi connectivity index (χ0n) is 17.9. The van der Waals surface area contributed by atoms with Crippen LogP contribution >= 0.6 is 11.3 Å². The Balaban J connectivity index is 1.54. The Hall–Kier alpha value is -2.80. The van der Waals surface area contributed by atoms with Gasteiger partial charge in [0.25, 0.3) is 10.0 Å². The topological polar surface area (TPSA) is 104 Å². The molecule has 4 rings (SSSR count). The highest BCUT2D eigenvalue weighted by molar-refractivity contribution is 7.94. The third-order valence-electron chi connectivity index (χ3n) is 5.29. The highest BCUT2D eigenvalue weighted by Gasteiger charge is 2.30. The van der Waals surface area contributed by atoms with E-state index in [0.29, 0.717) is 13.1 Å². The molecule has 1 saturated heterocycles. The van der Waals surface area contributed by atoms with Gasteiger partial charge in [-0.15, -0.1) is 11.3 Å². The van der Waals surface area contributed by atoms with Crippen LogP contribution in [0.2, 0.25) is 0 Å². The van der Waals surface area contributed by atoms with Crippen LogP contribution in [0.25, 0.3) is 0 Å². The zero-order valence-corrected chi connectivity index (χ0v) is 20.4. The number of carbonyl (C=O) groups is 1. The highest BCUT2D eigenvalue weighted by Crippen LogP contribution is 2.28. The van der Waals surface area contributed by atoms with Gasteiger partial charge in [-0.3, -0.25) is 9.10 Å². The van der Waals surface area contributed by atoms with Crippen LogP contribution in [0, 0.1) is 5.82 Å². The fourth-order valence-electron chi connectivity index (χ4n) is 3.59. The molecule has 12 heteroatoms. The molecule has 1 aliphatic rings. The summed E-state index contributed by atoms with van der Waals surface area (Å²) in [5.41, 5.74) is 0.0329. The van der Waals surface area contributed by atoms with Crippen LogP contribution in [0.15, 0.2) is 75.1 Å². The van der Waals surface area contributed by atoms with Crippen molar-refractivity contribution in [3.8, 4) is 0 Å². The minimum absolute atomic E-state index is 0.0278. The van der Waals surface area contributed by atoms with Gasteiger partial charge in [-0.1, -0.05) is 18.2 Å². The maximum atomic E-state index is 14.5. The van der Waals surface area contributed by atoms with Crippen molar-refractivity contribution >= 4 is 48.7 Å². The molecule has 0 atom stereocenters. The number of nitrogens with zero attached hydrogens (tertiary/aromatic N) is 2. The summed E-state index contributed by atoms with van der Waals surface area (Å²) in [5, 5.41) is 4.13. The maximum Gasteiger partial charge on any atom is 0.274 e. The fourth-order valence-corrected chi connectivity index (χ4v) is 7.64. The molecule has 0 unspecified atom stereocenters. The average Bonchev–Trinajstić information content (AvgIpc) is 3.53. The van der Waals surface area contributed by atoms with Gasteiger partial charge in [0.15, 0.2) is 0 Å². The van der Waals surface area contributed by atoms with Crippen LogP contribution in [0.4, 0.5) is 15.8 Å². The first-order valence-electron chi connectivity index (χ1n) is 10.4. The average molecular weight is 524 g/mol. The number of anilines is 2. The normalized spacial score (nSPS) is 14.7. The summed E-state index contributed by atoms with van der Waals surface area (Å²) in [7, 11) is -7.79. The molecule has 3 aromatic rings. The van der Waals surface area contributed by atoms with E-state index < -0.39 is 38.3 Å². The number of hydrogen-bond acceptors (Lipinski definition) is 6. The largest absolute Gasteiger partial charge is 0.325 e. The van der Waals surface area contributed by atoms with Crippen LogP contribution in [-0.4, -0.2) is 46.7 Å². The second-order valence-corrected chi connectivity index (χ2v) is 12.6. The number of benzene rings is 2. The van der Waals surface area contributed by atoms with E-state index in [9.17, 15) is 26.0 Å². The molecule has 0 saturated carbocycles. The van der Waals surface area contributed by atoms with Gasteiger partial charge in [-0.05, 0) is 60.7 Å². The van der Waals surface area contributed by atoms with Crippen LogP contribution in [0.1, 0.15) is 12.8 Å². The molecule has 0 aliphatic carbocycles. The fraction of sp³-hybridized carbons (Fsp3) is 0.227. The van der Waals surface area contributed by atoms with E-state index in [1.807, 2.05) is 0 Å². The monoisotopic (exact) mass is 523 g/mol. The number of para-hydroxylation sites is 1. The lowest BCUT2D eigenvalue weighted by atomic mass is 10.3. The molecule has 2 aromatic carbocycles. The quantitative estimate of drug-likeness (QED) is 0.487. The van der Waals surface area contributed by atoms with Crippen LogP contribution < -0.4 is 9.62 Å². The number of amides is 1. The zero-order chi connectivity index (χ0) is 24.3. The molecule has 0 radical (unpaired) electrons. The number of nitrogens with one attached hydrogen (secondary N) is 1. The Labute approximate surface area is 201 Å². The smallest absolute Gasteiger partial charge is 0.274 e. The Morgan fingerprint density at radius 3 is 2.26 bits per heavy atom.